The summed E-state index contributed by atoms with van der Waals surface area (Å²) in [6.07, 6.45) is 0. The third-order valence-electron chi connectivity index (χ3n) is 3.18. The SMILES string of the molecule is Cc1nc(C(=O)Nc2ccccc2O)nn1-c1cccc(Cl)c1. The minimum Gasteiger partial charge on any atom is -0.506 e. The van der Waals surface area contributed by atoms with Gasteiger partial charge in [0, 0.05) is 5.02 Å². The van der Waals surface area contributed by atoms with E-state index < -0.39 is 5.91 Å². The van der Waals surface area contributed by atoms with E-state index in [0.29, 0.717) is 22.2 Å². The van der Waals surface area contributed by atoms with Crippen LogP contribution in [0.2, 0.25) is 5.02 Å². The number of carbonyl (C=O) groups excluding carboxylic acids is 1. The van der Waals surface area contributed by atoms with Crippen LogP contribution >= 0.6 is 11.6 Å². The number of aromatic nitrogens is 3. The summed E-state index contributed by atoms with van der Waals surface area (Å²) < 4.78 is 1.53. The first-order chi connectivity index (χ1) is 11.0. The number of anilines is 1. The molecule has 2 aromatic carbocycles. The van der Waals surface area contributed by atoms with Gasteiger partial charge in [0.1, 0.15) is 11.6 Å². The summed E-state index contributed by atoms with van der Waals surface area (Å²) in [5.41, 5.74) is 1.01. The van der Waals surface area contributed by atoms with Gasteiger partial charge in [0.2, 0.25) is 5.82 Å². The molecule has 0 bridgehead atoms. The number of hydrogen-bond acceptors (Lipinski definition) is 4. The lowest BCUT2D eigenvalue weighted by molar-refractivity contribution is 0.101. The Hall–Kier alpha value is -2.86. The quantitative estimate of drug-likeness (QED) is 0.724. The summed E-state index contributed by atoms with van der Waals surface area (Å²) in [4.78, 5) is 16.4. The third kappa shape index (κ3) is 3.17. The molecule has 116 valence electrons. The van der Waals surface area contributed by atoms with Crippen molar-refractivity contribution in [3.63, 3.8) is 0 Å². The second kappa shape index (κ2) is 6.10. The molecule has 3 rings (SSSR count). The molecule has 0 aliphatic carbocycles. The van der Waals surface area contributed by atoms with Gasteiger partial charge in [0.15, 0.2) is 0 Å². The maximum Gasteiger partial charge on any atom is 0.295 e. The van der Waals surface area contributed by atoms with Gasteiger partial charge in [-0.3, -0.25) is 4.79 Å². The molecular weight excluding hydrogens is 316 g/mol. The highest BCUT2D eigenvalue weighted by molar-refractivity contribution is 6.30. The van der Waals surface area contributed by atoms with E-state index >= 15 is 0 Å². The van der Waals surface area contributed by atoms with Gasteiger partial charge in [0.05, 0.1) is 11.4 Å². The minimum atomic E-state index is -0.504. The number of carbonyl (C=O) groups is 1. The summed E-state index contributed by atoms with van der Waals surface area (Å²) in [7, 11) is 0. The fourth-order valence-electron chi connectivity index (χ4n) is 2.10. The van der Waals surface area contributed by atoms with Crippen LogP contribution < -0.4 is 5.32 Å². The van der Waals surface area contributed by atoms with Crippen molar-refractivity contribution in [3.05, 3.63) is 65.2 Å². The number of benzene rings is 2. The van der Waals surface area contributed by atoms with Gasteiger partial charge < -0.3 is 10.4 Å². The van der Waals surface area contributed by atoms with Gasteiger partial charge in [0.25, 0.3) is 5.91 Å². The van der Waals surface area contributed by atoms with Gasteiger partial charge >= 0.3 is 0 Å². The average molecular weight is 329 g/mol. The number of phenols is 1. The summed E-state index contributed by atoms with van der Waals surface area (Å²) >= 11 is 5.97. The van der Waals surface area contributed by atoms with Crippen LogP contribution in [0.15, 0.2) is 48.5 Å². The normalized spacial score (nSPS) is 10.5. The first kappa shape index (κ1) is 15.1. The topological polar surface area (TPSA) is 80.0 Å². The maximum atomic E-state index is 12.2. The van der Waals surface area contributed by atoms with E-state index in [2.05, 4.69) is 15.4 Å². The standard InChI is InChI=1S/C16H13ClN4O2/c1-10-18-15(16(23)19-13-7-2-3-8-14(13)22)20-21(10)12-6-4-5-11(17)9-12/h2-9,22H,1H3,(H,19,23). The molecule has 0 saturated carbocycles. The van der Waals surface area contributed by atoms with Crippen molar-refractivity contribution >= 4 is 23.2 Å². The molecule has 3 aromatic rings. The number of halogens is 1. The summed E-state index contributed by atoms with van der Waals surface area (Å²) in [6.45, 7) is 1.74. The molecule has 0 aliphatic heterocycles. The van der Waals surface area contributed by atoms with Crippen molar-refractivity contribution in [1.82, 2.24) is 14.8 Å². The Kier molecular flexibility index (Phi) is 3.99. The largest absolute Gasteiger partial charge is 0.506 e. The van der Waals surface area contributed by atoms with Gasteiger partial charge in [-0.15, -0.1) is 5.10 Å². The van der Waals surface area contributed by atoms with Gasteiger partial charge in [-0.05, 0) is 37.3 Å². The predicted octanol–water partition coefficient (Wildman–Crippen LogP) is 3.19. The number of hydrogen-bond donors (Lipinski definition) is 2. The molecule has 0 atom stereocenters. The lowest BCUT2D eigenvalue weighted by Gasteiger charge is -2.04. The number of para-hydroxylation sites is 2. The first-order valence-electron chi connectivity index (χ1n) is 6.83. The maximum absolute atomic E-state index is 12.2. The zero-order valence-corrected chi connectivity index (χ0v) is 12.9. The Labute approximate surface area is 137 Å². The van der Waals surface area contributed by atoms with Crippen LogP contribution in [0.1, 0.15) is 16.4 Å². The van der Waals surface area contributed by atoms with Crippen molar-refractivity contribution in [3.8, 4) is 11.4 Å². The number of amides is 1. The molecule has 1 heterocycles. The minimum absolute atomic E-state index is 0.00530. The first-order valence-corrected chi connectivity index (χ1v) is 7.21. The van der Waals surface area contributed by atoms with E-state index in [9.17, 15) is 9.90 Å². The molecule has 23 heavy (non-hydrogen) atoms. The van der Waals surface area contributed by atoms with Gasteiger partial charge in [-0.2, -0.15) is 0 Å². The van der Waals surface area contributed by atoms with Crippen LogP contribution in [0, 0.1) is 6.92 Å². The molecule has 0 saturated heterocycles. The van der Waals surface area contributed by atoms with Crippen molar-refractivity contribution in [2.75, 3.05) is 5.32 Å². The Morgan fingerprint density at radius 1 is 1.22 bits per heavy atom. The predicted molar refractivity (Wildman–Crippen MR) is 87.2 cm³/mol. The molecule has 0 fully saturated rings. The van der Waals surface area contributed by atoms with Crippen LogP contribution in [0.3, 0.4) is 0 Å². The van der Waals surface area contributed by atoms with Crippen molar-refractivity contribution in [2.24, 2.45) is 0 Å². The van der Waals surface area contributed by atoms with E-state index in [-0.39, 0.29) is 11.6 Å². The van der Waals surface area contributed by atoms with Crippen LogP contribution in [-0.4, -0.2) is 25.8 Å². The molecule has 0 radical (unpaired) electrons. The number of nitrogens with zero attached hydrogens (tertiary/aromatic N) is 3. The van der Waals surface area contributed by atoms with Crippen LogP contribution in [0.25, 0.3) is 5.69 Å². The summed E-state index contributed by atoms with van der Waals surface area (Å²) in [5.74, 6) is 0.0302. The fraction of sp³-hybridized carbons (Fsp3) is 0.0625. The second-order valence-electron chi connectivity index (χ2n) is 4.85. The Morgan fingerprint density at radius 3 is 2.74 bits per heavy atom. The smallest absolute Gasteiger partial charge is 0.295 e. The summed E-state index contributed by atoms with van der Waals surface area (Å²) in [5, 5.41) is 17.0. The number of nitrogens with one attached hydrogen (secondary N) is 1. The van der Waals surface area contributed by atoms with Gasteiger partial charge in [-0.25, -0.2) is 9.67 Å². The highest BCUT2D eigenvalue weighted by Crippen LogP contribution is 2.22. The lowest BCUT2D eigenvalue weighted by Crippen LogP contribution is -2.14. The average Bonchev–Trinajstić information content (AvgIpc) is 2.92. The second-order valence-corrected chi connectivity index (χ2v) is 5.28. The molecule has 7 heteroatoms. The molecule has 0 spiro atoms. The Balaban J connectivity index is 1.89. The lowest BCUT2D eigenvalue weighted by atomic mass is 10.3. The molecule has 1 amide bonds. The number of aromatic hydroxyl groups is 1. The van der Waals surface area contributed by atoms with Crippen molar-refractivity contribution < 1.29 is 9.90 Å². The Bertz CT molecular complexity index is 876. The zero-order valence-electron chi connectivity index (χ0n) is 12.2. The third-order valence-corrected chi connectivity index (χ3v) is 3.41. The Morgan fingerprint density at radius 2 is 2.00 bits per heavy atom. The molecule has 0 aliphatic rings. The zero-order chi connectivity index (χ0) is 16.4. The molecule has 1 aromatic heterocycles. The van der Waals surface area contributed by atoms with E-state index in [4.69, 9.17) is 11.6 Å². The summed E-state index contributed by atoms with van der Waals surface area (Å²) in [6, 6.07) is 13.5. The van der Waals surface area contributed by atoms with Crippen LogP contribution in [0.4, 0.5) is 5.69 Å². The highest BCUT2D eigenvalue weighted by atomic mass is 35.5. The number of phenolic OH excluding ortho intramolecular Hbond substituents is 1. The van der Waals surface area contributed by atoms with E-state index in [1.165, 1.54) is 10.7 Å². The van der Waals surface area contributed by atoms with Crippen molar-refractivity contribution in [2.45, 2.75) is 6.92 Å². The highest BCUT2D eigenvalue weighted by Gasteiger charge is 2.16. The van der Waals surface area contributed by atoms with Crippen LogP contribution in [-0.2, 0) is 0 Å². The molecule has 6 nitrogen and oxygen atoms in total. The van der Waals surface area contributed by atoms with Crippen LogP contribution in [0.5, 0.6) is 5.75 Å². The fourth-order valence-corrected chi connectivity index (χ4v) is 2.28. The molecule has 2 N–H and O–H groups in total. The molecular formula is C16H13ClN4O2. The van der Waals surface area contributed by atoms with E-state index in [1.54, 1.807) is 43.3 Å². The van der Waals surface area contributed by atoms with E-state index in [1.807, 2.05) is 6.07 Å². The van der Waals surface area contributed by atoms with E-state index in [0.717, 1.165) is 0 Å². The van der Waals surface area contributed by atoms with Gasteiger partial charge in [-0.1, -0.05) is 29.8 Å². The number of aryl methyl sites for hydroxylation is 1. The number of rotatable bonds is 3. The monoisotopic (exact) mass is 328 g/mol. The molecule has 0 unspecified atom stereocenters. The van der Waals surface area contributed by atoms with Crippen molar-refractivity contribution in [1.29, 1.82) is 0 Å².